The molecule has 4 rings (SSSR count). The molecule has 1 aromatic heterocycles. The fourth-order valence-corrected chi connectivity index (χ4v) is 3.65. The molecule has 4 nitrogen and oxygen atoms in total. The first-order valence-corrected chi connectivity index (χ1v) is 9.09. The Kier molecular flexibility index (Phi) is 4.16. The molecule has 0 aliphatic carbocycles. The van der Waals surface area contributed by atoms with Crippen LogP contribution in [0.2, 0.25) is 0 Å². The molecule has 2 aromatic carbocycles. The molecule has 134 valence electrons. The van der Waals surface area contributed by atoms with Crippen molar-refractivity contribution in [2.24, 2.45) is 10.6 Å². The minimum Gasteiger partial charge on any atom is -0.391 e. The summed E-state index contributed by atoms with van der Waals surface area (Å²) in [7, 11) is 0. The molecular weight excluding hydrogens is 334 g/mol. The first-order valence-electron chi connectivity index (χ1n) is 9.09. The van der Waals surface area contributed by atoms with Gasteiger partial charge in [0.1, 0.15) is 6.10 Å². The Morgan fingerprint density at radius 2 is 1.85 bits per heavy atom. The van der Waals surface area contributed by atoms with E-state index in [-0.39, 0.29) is 11.5 Å². The average Bonchev–Trinajstić information content (AvgIpc) is 2.96. The third kappa shape index (κ3) is 3.06. The molecule has 0 fully saturated rings. The summed E-state index contributed by atoms with van der Waals surface area (Å²) in [6.45, 7) is 6.41. The molecule has 4 heteroatoms. The van der Waals surface area contributed by atoms with Gasteiger partial charge in [0.25, 0.3) is 0 Å². The largest absolute Gasteiger partial charge is 0.391 e. The van der Waals surface area contributed by atoms with Crippen molar-refractivity contribution < 1.29 is 4.84 Å². The predicted molar refractivity (Wildman–Crippen MR) is 107 cm³/mol. The van der Waals surface area contributed by atoms with Gasteiger partial charge in [0.2, 0.25) is 0 Å². The van der Waals surface area contributed by atoms with Crippen molar-refractivity contribution in [2.75, 3.05) is 0 Å². The molecule has 1 aliphatic rings. The number of aryl methyl sites for hydroxylation is 1. The number of nitriles is 1. The van der Waals surface area contributed by atoms with Gasteiger partial charge in [0.05, 0.1) is 28.3 Å². The molecule has 2 heterocycles. The summed E-state index contributed by atoms with van der Waals surface area (Å²) >= 11 is 0. The number of oxime groups is 1. The smallest absolute Gasteiger partial charge is 0.143 e. The second kappa shape index (κ2) is 6.51. The number of hydrogen-bond donors (Lipinski definition) is 0. The maximum atomic E-state index is 8.99. The predicted octanol–water partition coefficient (Wildman–Crippen LogP) is 4.79. The fraction of sp³-hybridized carbons (Fsp3) is 0.261. The van der Waals surface area contributed by atoms with Gasteiger partial charge in [0, 0.05) is 23.1 Å². The molecule has 0 N–H and O–H groups in total. The van der Waals surface area contributed by atoms with E-state index in [1.807, 2.05) is 42.5 Å². The molecule has 1 atom stereocenters. The van der Waals surface area contributed by atoms with E-state index in [2.05, 4.69) is 44.1 Å². The van der Waals surface area contributed by atoms with Crippen LogP contribution in [0, 0.1) is 23.7 Å². The summed E-state index contributed by atoms with van der Waals surface area (Å²) in [5, 5.41) is 14.6. The topological polar surface area (TPSA) is 58.3 Å². The van der Waals surface area contributed by atoms with E-state index < -0.39 is 0 Å². The van der Waals surface area contributed by atoms with Gasteiger partial charge < -0.3 is 4.84 Å². The van der Waals surface area contributed by atoms with E-state index in [0.717, 1.165) is 22.5 Å². The van der Waals surface area contributed by atoms with Crippen LogP contribution in [0.15, 0.2) is 59.8 Å². The molecule has 0 radical (unpaired) electrons. The Hall–Kier alpha value is -3.19. The first-order chi connectivity index (χ1) is 13.0. The van der Waals surface area contributed by atoms with Gasteiger partial charge in [0.15, 0.2) is 0 Å². The fourth-order valence-electron chi connectivity index (χ4n) is 3.65. The first kappa shape index (κ1) is 17.2. The van der Waals surface area contributed by atoms with Gasteiger partial charge in [-0.3, -0.25) is 4.98 Å². The number of fused-ring (bicyclic) bond motifs is 1. The molecule has 27 heavy (non-hydrogen) atoms. The highest BCUT2D eigenvalue weighted by Gasteiger charge is 2.42. The maximum Gasteiger partial charge on any atom is 0.143 e. The molecule has 0 saturated carbocycles. The zero-order chi connectivity index (χ0) is 19.0. The SMILES string of the molecule is Cc1cc(CC2ON=C(c3ccc(C#N)cc3)C2(C)C)nc2ccccc12. The van der Waals surface area contributed by atoms with Gasteiger partial charge in [-0.1, -0.05) is 49.3 Å². The quantitative estimate of drug-likeness (QED) is 0.679. The van der Waals surface area contributed by atoms with E-state index in [4.69, 9.17) is 15.1 Å². The highest BCUT2D eigenvalue weighted by Crippen LogP contribution is 2.36. The standard InChI is InChI=1S/C23H21N3O/c1-15-12-18(25-20-7-5-4-6-19(15)20)13-21-23(2,3)22(26-27-21)17-10-8-16(14-24)9-11-17/h4-12,21H,13H2,1-3H3. The molecule has 0 spiro atoms. The van der Waals surface area contributed by atoms with Crippen molar-refractivity contribution in [2.45, 2.75) is 33.3 Å². The molecule has 0 bridgehead atoms. The summed E-state index contributed by atoms with van der Waals surface area (Å²) in [5.41, 5.74) is 5.54. The van der Waals surface area contributed by atoms with Crippen molar-refractivity contribution >= 4 is 16.6 Å². The van der Waals surface area contributed by atoms with E-state index in [0.29, 0.717) is 12.0 Å². The lowest BCUT2D eigenvalue weighted by Crippen LogP contribution is -2.35. The van der Waals surface area contributed by atoms with Crippen LogP contribution in [0.5, 0.6) is 0 Å². The third-order valence-corrected chi connectivity index (χ3v) is 5.34. The molecular formula is C23H21N3O. The zero-order valence-corrected chi connectivity index (χ0v) is 15.7. The van der Waals surface area contributed by atoms with Gasteiger partial charge in [-0.25, -0.2) is 0 Å². The van der Waals surface area contributed by atoms with Crippen LogP contribution in [0.3, 0.4) is 0 Å². The number of nitrogens with zero attached hydrogens (tertiary/aromatic N) is 3. The maximum absolute atomic E-state index is 8.99. The van der Waals surface area contributed by atoms with Crippen molar-refractivity contribution in [3.63, 3.8) is 0 Å². The lowest BCUT2D eigenvalue weighted by Gasteiger charge is -2.26. The number of benzene rings is 2. The highest BCUT2D eigenvalue weighted by atomic mass is 16.6. The van der Waals surface area contributed by atoms with Crippen molar-refractivity contribution in [1.29, 1.82) is 5.26 Å². The molecule has 1 aliphatic heterocycles. The van der Waals surface area contributed by atoms with E-state index in [1.54, 1.807) is 0 Å². The Bertz CT molecular complexity index is 1070. The van der Waals surface area contributed by atoms with Gasteiger partial charge in [-0.15, -0.1) is 0 Å². The number of aromatic nitrogens is 1. The van der Waals surface area contributed by atoms with E-state index in [9.17, 15) is 0 Å². The van der Waals surface area contributed by atoms with Gasteiger partial charge in [-0.2, -0.15) is 5.26 Å². The Morgan fingerprint density at radius 3 is 2.59 bits per heavy atom. The Balaban J connectivity index is 1.60. The van der Waals surface area contributed by atoms with E-state index >= 15 is 0 Å². The van der Waals surface area contributed by atoms with Crippen LogP contribution in [-0.4, -0.2) is 16.8 Å². The second-order valence-corrected chi connectivity index (χ2v) is 7.60. The molecule has 0 saturated heterocycles. The average molecular weight is 355 g/mol. The van der Waals surface area contributed by atoms with Crippen molar-refractivity contribution in [3.8, 4) is 6.07 Å². The molecule has 3 aromatic rings. The van der Waals surface area contributed by atoms with Crippen LogP contribution >= 0.6 is 0 Å². The monoisotopic (exact) mass is 355 g/mol. The number of para-hydroxylation sites is 1. The second-order valence-electron chi connectivity index (χ2n) is 7.60. The minimum atomic E-state index is -0.255. The highest BCUT2D eigenvalue weighted by molar-refractivity contribution is 6.05. The summed E-state index contributed by atoms with van der Waals surface area (Å²) < 4.78 is 0. The van der Waals surface area contributed by atoms with Crippen molar-refractivity contribution in [1.82, 2.24) is 4.98 Å². The Morgan fingerprint density at radius 1 is 1.11 bits per heavy atom. The normalized spacial score (nSPS) is 18.0. The third-order valence-electron chi connectivity index (χ3n) is 5.34. The van der Waals surface area contributed by atoms with Gasteiger partial charge >= 0.3 is 0 Å². The summed E-state index contributed by atoms with van der Waals surface area (Å²) in [4.78, 5) is 10.6. The summed E-state index contributed by atoms with van der Waals surface area (Å²) in [6.07, 6.45) is 0.610. The number of rotatable bonds is 3. The lowest BCUT2D eigenvalue weighted by molar-refractivity contribution is 0.0365. The van der Waals surface area contributed by atoms with Crippen LogP contribution < -0.4 is 0 Å². The van der Waals surface area contributed by atoms with Gasteiger partial charge in [-0.05, 0) is 36.8 Å². The zero-order valence-electron chi connectivity index (χ0n) is 15.7. The van der Waals surface area contributed by atoms with E-state index in [1.165, 1.54) is 10.9 Å². The lowest BCUT2D eigenvalue weighted by atomic mass is 9.77. The summed E-state index contributed by atoms with van der Waals surface area (Å²) in [6, 6.07) is 20.0. The summed E-state index contributed by atoms with van der Waals surface area (Å²) in [5.74, 6) is 0. The number of hydrogen-bond acceptors (Lipinski definition) is 4. The van der Waals surface area contributed by atoms with Crippen LogP contribution in [-0.2, 0) is 11.3 Å². The Labute approximate surface area is 159 Å². The van der Waals surface area contributed by atoms with Crippen molar-refractivity contribution in [3.05, 3.63) is 77.0 Å². The van der Waals surface area contributed by atoms with Crippen LogP contribution in [0.1, 0.15) is 36.2 Å². The minimum absolute atomic E-state index is 0.0868. The molecule has 1 unspecified atom stereocenters. The van der Waals surface area contributed by atoms with Crippen LogP contribution in [0.4, 0.5) is 0 Å². The van der Waals surface area contributed by atoms with Crippen LogP contribution in [0.25, 0.3) is 10.9 Å². The number of pyridine rings is 1. The molecule has 0 amide bonds.